The summed E-state index contributed by atoms with van der Waals surface area (Å²) in [5, 5.41) is 0. The largest absolute Gasteiger partial charge is 0.299 e. The molecule has 1 saturated heterocycles. The highest BCUT2D eigenvalue weighted by Gasteiger charge is 2.23. The van der Waals surface area contributed by atoms with Crippen molar-refractivity contribution in [2.45, 2.75) is 54.4 Å². The van der Waals surface area contributed by atoms with Crippen LogP contribution >= 0.6 is 0 Å². The highest BCUT2D eigenvalue weighted by atomic mass is 15.2. The lowest BCUT2D eigenvalue weighted by Crippen LogP contribution is -2.45. The summed E-state index contributed by atoms with van der Waals surface area (Å²) in [6.45, 7) is 16.3. The smallest absolute Gasteiger partial charge is 0.0196 e. The first-order valence-electron chi connectivity index (χ1n) is 8.72. The van der Waals surface area contributed by atoms with E-state index in [1.54, 1.807) is 5.57 Å². The van der Waals surface area contributed by atoms with Gasteiger partial charge in [-0.25, -0.2) is 0 Å². The van der Waals surface area contributed by atoms with Crippen molar-refractivity contribution >= 4 is 6.08 Å². The van der Waals surface area contributed by atoms with Gasteiger partial charge in [0.15, 0.2) is 0 Å². The molecule has 1 nitrogen and oxygen atoms in total. The van der Waals surface area contributed by atoms with Crippen LogP contribution in [0.5, 0.6) is 0 Å². The molecular weight excluding hydrogens is 254 g/mol. The fraction of sp³-hybridized carbons (Fsp3) is 0.600. The van der Waals surface area contributed by atoms with Gasteiger partial charge in [0.05, 0.1) is 0 Å². The van der Waals surface area contributed by atoms with Crippen molar-refractivity contribution in [3.8, 4) is 0 Å². The predicted octanol–water partition coefficient (Wildman–Crippen LogP) is 5.33. The maximum atomic E-state index is 2.57. The Hall–Kier alpha value is -1.08. The number of hydrogen-bond acceptors (Lipinski definition) is 1. The van der Waals surface area contributed by atoms with Crippen LogP contribution in [0.3, 0.4) is 0 Å². The van der Waals surface area contributed by atoms with E-state index in [-0.39, 0.29) is 0 Å². The minimum atomic E-state index is 0.911. The second kappa shape index (κ2) is 9.04. The molecule has 21 heavy (non-hydrogen) atoms. The van der Waals surface area contributed by atoms with Crippen LogP contribution in [-0.4, -0.2) is 24.5 Å². The Balaban J connectivity index is 0.000000510. The average Bonchev–Trinajstić information content (AvgIpc) is 2.50. The molecule has 0 aromatic heterocycles. The maximum Gasteiger partial charge on any atom is 0.0196 e. The van der Waals surface area contributed by atoms with Crippen LogP contribution in [0.15, 0.2) is 23.8 Å². The molecule has 0 N–H and O–H groups in total. The maximum absolute atomic E-state index is 2.57. The highest BCUT2D eigenvalue weighted by Crippen LogP contribution is 2.26. The number of rotatable bonds is 2. The Kier molecular flexibility index (Phi) is 7.74. The van der Waals surface area contributed by atoms with E-state index in [1.165, 1.54) is 49.2 Å². The van der Waals surface area contributed by atoms with Gasteiger partial charge in [-0.3, -0.25) is 4.90 Å². The third-order valence-electron chi connectivity index (χ3n) is 3.94. The molecule has 0 unspecified atom stereocenters. The van der Waals surface area contributed by atoms with Crippen LogP contribution in [0.2, 0.25) is 0 Å². The highest BCUT2D eigenvalue weighted by molar-refractivity contribution is 5.60. The Morgan fingerprint density at radius 1 is 1.05 bits per heavy atom. The molecule has 1 fully saturated rings. The lowest BCUT2D eigenvalue weighted by atomic mass is 9.90. The van der Waals surface area contributed by atoms with Crippen molar-refractivity contribution in [3.63, 3.8) is 0 Å². The van der Waals surface area contributed by atoms with E-state index in [0.29, 0.717) is 0 Å². The fourth-order valence-electron chi connectivity index (χ4n) is 3.05. The molecule has 2 aliphatic rings. The molecule has 0 spiro atoms. The van der Waals surface area contributed by atoms with Crippen molar-refractivity contribution in [2.75, 3.05) is 19.6 Å². The third-order valence-corrected chi connectivity index (χ3v) is 3.94. The van der Waals surface area contributed by atoms with Crippen LogP contribution < -0.4 is 0 Å². The van der Waals surface area contributed by atoms with Crippen LogP contribution in [-0.2, 0) is 6.42 Å². The average molecular weight is 287 g/mol. The number of benzene rings is 1. The molecule has 118 valence electrons. The molecule has 0 atom stereocenters. The quantitative estimate of drug-likeness (QED) is 0.710. The van der Waals surface area contributed by atoms with E-state index < -0.39 is 0 Å². The van der Waals surface area contributed by atoms with Gasteiger partial charge >= 0.3 is 0 Å². The van der Waals surface area contributed by atoms with Crippen molar-refractivity contribution in [3.05, 3.63) is 40.5 Å². The first-order chi connectivity index (χ1) is 10.2. The third kappa shape index (κ3) is 5.00. The summed E-state index contributed by atoms with van der Waals surface area (Å²) >= 11 is 0. The van der Waals surface area contributed by atoms with Gasteiger partial charge in [0.2, 0.25) is 0 Å². The summed E-state index contributed by atoms with van der Waals surface area (Å²) in [6, 6.07) is 6.85. The summed E-state index contributed by atoms with van der Waals surface area (Å²) in [5.41, 5.74) is 5.99. The lowest BCUT2D eigenvalue weighted by Gasteiger charge is -2.38. The minimum Gasteiger partial charge on any atom is -0.299 e. The molecular formula is C20H33N. The molecule has 0 amide bonds. The topological polar surface area (TPSA) is 3.24 Å². The first kappa shape index (κ1) is 18.0. The zero-order valence-corrected chi connectivity index (χ0v) is 14.9. The minimum absolute atomic E-state index is 0.911. The molecule has 3 rings (SSSR count). The number of fused-ring (bicyclic) bond motifs is 1. The lowest BCUT2D eigenvalue weighted by molar-refractivity contribution is 0.125. The number of hydrogen-bond donors (Lipinski definition) is 0. The Morgan fingerprint density at radius 3 is 2.33 bits per heavy atom. The predicted molar refractivity (Wildman–Crippen MR) is 95.8 cm³/mol. The van der Waals surface area contributed by atoms with Gasteiger partial charge in [0.25, 0.3) is 0 Å². The normalized spacial score (nSPS) is 17.3. The Morgan fingerprint density at radius 2 is 1.71 bits per heavy atom. The van der Waals surface area contributed by atoms with Gasteiger partial charge in [-0.15, -0.1) is 0 Å². The molecule has 1 aliphatic heterocycles. The molecule has 1 heteroatoms. The summed E-state index contributed by atoms with van der Waals surface area (Å²) in [7, 11) is 0. The molecule has 1 aliphatic carbocycles. The van der Waals surface area contributed by atoms with Gasteiger partial charge < -0.3 is 0 Å². The van der Waals surface area contributed by atoms with Crippen molar-refractivity contribution in [1.29, 1.82) is 0 Å². The molecule has 0 saturated carbocycles. The standard InChI is InChI=1S/C16H21N.2C2H6/c1-12-3-5-16-8-14(4-6-15(16)7-12)11-17-9-13(2)10-17;2*1-2/h3,5,7-8,13H,4,6,9-11H2,1-2H3;2*1-2H3. The first-order valence-corrected chi connectivity index (χ1v) is 8.72. The molecule has 0 radical (unpaired) electrons. The second-order valence-corrected chi connectivity index (χ2v) is 5.80. The van der Waals surface area contributed by atoms with Gasteiger partial charge in [0.1, 0.15) is 0 Å². The zero-order valence-electron chi connectivity index (χ0n) is 14.9. The monoisotopic (exact) mass is 287 g/mol. The van der Waals surface area contributed by atoms with E-state index in [2.05, 4.69) is 43.0 Å². The molecule has 0 bridgehead atoms. The summed E-state index contributed by atoms with van der Waals surface area (Å²) in [6.07, 6.45) is 4.90. The SMILES string of the molecule is CC.CC.Cc1ccc2c(c1)CCC(CN1CC(C)C1)=C2. The van der Waals surface area contributed by atoms with Gasteiger partial charge in [-0.2, -0.15) is 0 Å². The second-order valence-electron chi connectivity index (χ2n) is 5.80. The van der Waals surface area contributed by atoms with E-state index in [4.69, 9.17) is 0 Å². The van der Waals surface area contributed by atoms with Crippen LogP contribution in [0.4, 0.5) is 0 Å². The molecule has 1 aromatic carbocycles. The van der Waals surface area contributed by atoms with E-state index in [9.17, 15) is 0 Å². The van der Waals surface area contributed by atoms with Crippen LogP contribution in [0, 0.1) is 12.8 Å². The van der Waals surface area contributed by atoms with Crippen molar-refractivity contribution in [2.24, 2.45) is 5.92 Å². The fourth-order valence-corrected chi connectivity index (χ4v) is 3.05. The van der Waals surface area contributed by atoms with E-state index >= 15 is 0 Å². The Labute approximate surface area is 132 Å². The summed E-state index contributed by atoms with van der Waals surface area (Å²) in [5.74, 6) is 0.911. The Bertz CT molecular complexity index is 453. The molecule has 1 aromatic rings. The van der Waals surface area contributed by atoms with E-state index in [0.717, 1.165) is 5.92 Å². The summed E-state index contributed by atoms with van der Waals surface area (Å²) in [4.78, 5) is 2.57. The number of nitrogens with zero attached hydrogens (tertiary/aromatic N) is 1. The number of likely N-dealkylation sites (tertiary alicyclic amines) is 1. The zero-order chi connectivity index (χ0) is 15.8. The van der Waals surface area contributed by atoms with Gasteiger partial charge in [-0.1, -0.05) is 70.0 Å². The molecule has 1 heterocycles. The van der Waals surface area contributed by atoms with Crippen LogP contribution in [0.1, 0.15) is 57.7 Å². The van der Waals surface area contributed by atoms with E-state index in [1.807, 2.05) is 27.7 Å². The van der Waals surface area contributed by atoms with Gasteiger partial charge in [0, 0.05) is 19.6 Å². The van der Waals surface area contributed by atoms with Crippen LogP contribution in [0.25, 0.3) is 6.08 Å². The summed E-state index contributed by atoms with van der Waals surface area (Å²) < 4.78 is 0. The van der Waals surface area contributed by atoms with Gasteiger partial charge in [-0.05, 0) is 36.8 Å². The van der Waals surface area contributed by atoms with Crippen molar-refractivity contribution in [1.82, 2.24) is 4.90 Å². The number of aryl methyl sites for hydroxylation is 2. The van der Waals surface area contributed by atoms with Crippen molar-refractivity contribution < 1.29 is 0 Å².